The van der Waals surface area contributed by atoms with Gasteiger partial charge in [-0.2, -0.15) is 0 Å². The molecule has 0 bridgehead atoms. The number of halogens is 1. The summed E-state index contributed by atoms with van der Waals surface area (Å²) >= 11 is 7.07. The molecule has 0 aliphatic rings. The normalized spacial score (nSPS) is 11.4. The zero-order valence-electron chi connectivity index (χ0n) is 13.2. The highest BCUT2D eigenvalue weighted by Crippen LogP contribution is 2.17. The number of carbonyl (C=O) groups excluding carboxylic acids is 1. The molecule has 2 aromatic carbocycles. The molecule has 0 unspecified atom stereocenters. The zero-order valence-corrected chi connectivity index (χ0v) is 14.8. The molecular formula is C18H13ClN2O3S. The smallest absolute Gasteiger partial charge is 0.348 e. The summed E-state index contributed by atoms with van der Waals surface area (Å²) in [5.74, 6) is -0.579. The number of methoxy groups -OCH3 is 1. The second kappa shape index (κ2) is 7.46. The zero-order chi connectivity index (χ0) is 17.8. The molecule has 7 heteroatoms. The Morgan fingerprint density at radius 1 is 1.12 bits per heavy atom. The molecule has 0 aliphatic heterocycles. The number of rotatable bonds is 3. The van der Waals surface area contributed by atoms with Crippen LogP contribution in [0.1, 0.15) is 9.67 Å². The minimum Gasteiger partial charge on any atom is -0.465 e. The quantitative estimate of drug-likeness (QED) is 0.660. The highest BCUT2D eigenvalue weighted by Gasteiger charge is 2.12. The van der Waals surface area contributed by atoms with Crippen molar-refractivity contribution in [1.29, 1.82) is 0 Å². The maximum Gasteiger partial charge on any atom is 0.348 e. The van der Waals surface area contributed by atoms with Gasteiger partial charge in [-0.05, 0) is 30.3 Å². The van der Waals surface area contributed by atoms with Crippen LogP contribution in [0, 0.1) is 0 Å². The predicted octanol–water partition coefficient (Wildman–Crippen LogP) is 3.57. The summed E-state index contributed by atoms with van der Waals surface area (Å²) in [6.07, 6.45) is 0. The van der Waals surface area contributed by atoms with Gasteiger partial charge in [-0.1, -0.05) is 47.2 Å². The van der Waals surface area contributed by atoms with Gasteiger partial charge in [0.05, 0.1) is 18.5 Å². The molecule has 1 aromatic heterocycles. The third-order valence-electron chi connectivity index (χ3n) is 3.30. The van der Waals surface area contributed by atoms with Crippen LogP contribution in [0.2, 0.25) is 5.02 Å². The van der Waals surface area contributed by atoms with Crippen molar-refractivity contribution >= 4 is 34.6 Å². The maximum absolute atomic E-state index is 12.6. The molecule has 0 saturated carbocycles. The summed E-state index contributed by atoms with van der Waals surface area (Å²) < 4.78 is 6.16. The van der Waals surface area contributed by atoms with Crippen LogP contribution in [0.3, 0.4) is 0 Å². The Labute approximate surface area is 152 Å². The lowest BCUT2D eigenvalue weighted by molar-refractivity contribution is 0.0606. The van der Waals surface area contributed by atoms with Crippen LogP contribution in [0.4, 0.5) is 5.69 Å². The molecule has 0 aliphatic carbocycles. The van der Waals surface area contributed by atoms with Crippen molar-refractivity contribution in [3.63, 3.8) is 0 Å². The van der Waals surface area contributed by atoms with E-state index >= 15 is 0 Å². The topological polar surface area (TPSA) is 60.7 Å². The Hall–Kier alpha value is -2.70. The maximum atomic E-state index is 12.6. The van der Waals surface area contributed by atoms with E-state index in [0.29, 0.717) is 21.2 Å². The van der Waals surface area contributed by atoms with E-state index in [2.05, 4.69) is 4.99 Å². The molecule has 3 rings (SSSR count). The number of benzene rings is 2. The van der Waals surface area contributed by atoms with Gasteiger partial charge in [0, 0.05) is 11.1 Å². The van der Waals surface area contributed by atoms with Gasteiger partial charge in [0.2, 0.25) is 0 Å². The molecule has 0 saturated heterocycles. The van der Waals surface area contributed by atoms with Crippen molar-refractivity contribution in [3.8, 4) is 5.69 Å². The van der Waals surface area contributed by atoms with Gasteiger partial charge in [0.1, 0.15) is 4.88 Å². The lowest BCUT2D eigenvalue weighted by Crippen LogP contribution is -2.31. The van der Waals surface area contributed by atoms with Crippen molar-refractivity contribution in [2.45, 2.75) is 0 Å². The Morgan fingerprint density at radius 2 is 1.88 bits per heavy atom. The SMILES string of the molecule is COC(=O)c1cc(=O)n(-c2ccccc2)c(=Nc2cccc(Cl)c2)s1. The first-order valence-corrected chi connectivity index (χ1v) is 8.49. The number of ether oxygens (including phenoxy) is 1. The summed E-state index contributed by atoms with van der Waals surface area (Å²) in [5.41, 5.74) is 0.863. The Balaban J connectivity index is 2.31. The average molecular weight is 373 g/mol. The van der Waals surface area contributed by atoms with Gasteiger partial charge in [-0.25, -0.2) is 9.79 Å². The molecule has 25 heavy (non-hydrogen) atoms. The van der Waals surface area contributed by atoms with Crippen molar-refractivity contribution in [2.24, 2.45) is 4.99 Å². The summed E-state index contributed by atoms with van der Waals surface area (Å²) in [7, 11) is 1.27. The molecular weight excluding hydrogens is 360 g/mol. The fourth-order valence-corrected chi connectivity index (χ4v) is 3.33. The monoisotopic (exact) mass is 372 g/mol. The first-order chi connectivity index (χ1) is 12.1. The van der Waals surface area contributed by atoms with E-state index in [0.717, 1.165) is 11.3 Å². The first-order valence-electron chi connectivity index (χ1n) is 7.30. The molecule has 0 N–H and O–H groups in total. The predicted molar refractivity (Wildman–Crippen MR) is 97.9 cm³/mol. The largest absolute Gasteiger partial charge is 0.465 e. The van der Waals surface area contributed by atoms with Crippen molar-refractivity contribution in [1.82, 2.24) is 4.57 Å². The van der Waals surface area contributed by atoms with Gasteiger partial charge in [0.25, 0.3) is 5.56 Å². The van der Waals surface area contributed by atoms with Gasteiger partial charge < -0.3 is 4.74 Å². The van der Waals surface area contributed by atoms with Gasteiger partial charge >= 0.3 is 5.97 Å². The van der Waals surface area contributed by atoms with Crippen molar-refractivity contribution in [2.75, 3.05) is 7.11 Å². The van der Waals surface area contributed by atoms with Crippen LogP contribution in [0.25, 0.3) is 5.69 Å². The van der Waals surface area contributed by atoms with E-state index < -0.39 is 5.97 Å². The van der Waals surface area contributed by atoms with E-state index in [1.807, 2.05) is 18.2 Å². The van der Waals surface area contributed by atoms with E-state index in [9.17, 15) is 9.59 Å². The van der Waals surface area contributed by atoms with Crippen LogP contribution in [0.5, 0.6) is 0 Å². The molecule has 0 radical (unpaired) electrons. The molecule has 5 nitrogen and oxygen atoms in total. The molecule has 0 fully saturated rings. The fourth-order valence-electron chi connectivity index (χ4n) is 2.19. The third-order valence-corrected chi connectivity index (χ3v) is 4.50. The average Bonchev–Trinajstić information content (AvgIpc) is 2.61. The van der Waals surface area contributed by atoms with E-state index in [1.54, 1.807) is 36.4 Å². The second-order valence-electron chi connectivity index (χ2n) is 4.99. The van der Waals surface area contributed by atoms with Crippen LogP contribution in [0.15, 0.2) is 70.5 Å². The van der Waals surface area contributed by atoms with Crippen LogP contribution in [-0.4, -0.2) is 17.6 Å². The number of nitrogens with zero attached hydrogens (tertiary/aromatic N) is 2. The minimum absolute atomic E-state index is 0.181. The fraction of sp³-hybridized carbons (Fsp3) is 0.0556. The van der Waals surface area contributed by atoms with Crippen LogP contribution < -0.4 is 10.4 Å². The number of hydrogen-bond donors (Lipinski definition) is 0. The molecule has 1 heterocycles. The Kier molecular flexibility index (Phi) is 5.11. The van der Waals surface area contributed by atoms with Crippen molar-refractivity contribution in [3.05, 3.63) is 85.7 Å². The van der Waals surface area contributed by atoms with Crippen LogP contribution >= 0.6 is 22.9 Å². The molecule has 0 amide bonds. The molecule has 126 valence electrons. The number of para-hydroxylation sites is 1. The van der Waals surface area contributed by atoms with E-state index in [4.69, 9.17) is 16.3 Å². The van der Waals surface area contributed by atoms with Gasteiger partial charge in [-0.15, -0.1) is 0 Å². The lowest BCUT2D eigenvalue weighted by atomic mass is 10.3. The van der Waals surface area contributed by atoms with E-state index in [1.165, 1.54) is 17.7 Å². The Morgan fingerprint density at radius 3 is 2.56 bits per heavy atom. The number of esters is 1. The van der Waals surface area contributed by atoms with Crippen molar-refractivity contribution < 1.29 is 9.53 Å². The number of carbonyl (C=O) groups is 1. The molecule has 0 atom stereocenters. The summed E-state index contributed by atoms with van der Waals surface area (Å²) in [5, 5.41) is 0.531. The minimum atomic E-state index is -0.579. The summed E-state index contributed by atoms with van der Waals surface area (Å²) in [4.78, 5) is 29.5. The van der Waals surface area contributed by atoms with Gasteiger partial charge in [0.15, 0.2) is 4.80 Å². The van der Waals surface area contributed by atoms with Crippen LogP contribution in [-0.2, 0) is 4.74 Å². The standard InChI is InChI=1S/C18H13ClN2O3S/c1-24-17(23)15-11-16(22)21(14-8-3-2-4-9-14)18(25-15)20-13-7-5-6-12(19)10-13/h2-11H,1H3. The first kappa shape index (κ1) is 17.1. The summed E-state index contributed by atoms with van der Waals surface area (Å²) in [6, 6.07) is 17.3. The summed E-state index contributed by atoms with van der Waals surface area (Å²) in [6.45, 7) is 0. The molecule has 0 spiro atoms. The highest BCUT2D eigenvalue weighted by atomic mass is 35.5. The lowest BCUT2D eigenvalue weighted by Gasteiger charge is -2.07. The molecule has 3 aromatic rings. The van der Waals surface area contributed by atoms with Gasteiger partial charge in [-0.3, -0.25) is 9.36 Å². The number of aromatic nitrogens is 1. The second-order valence-corrected chi connectivity index (χ2v) is 6.43. The third kappa shape index (κ3) is 3.87. The number of hydrogen-bond acceptors (Lipinski definition) is 5. The highest BCUT2D eigenvalue weighted by molar-refractivity contribution is 7.11. The van der Waals surface area contributed by atoms with E-state index in [-0.39, 0.29) is 10.4 Å². The Bertz CT molecular complexity index is 1040.